The normalized spacial score (nSPS) is 17.8. The van der Waals surface area contributed by atoms with Crippen molar-refractivity contribution in [2.24, 2.45) is 5.92 Å². The molecule has 0 spiro atoms. The highest BCUT2D eigenvalue weighted by Crippen LogP contribution is 2.19. The van der Waals surface area contributed by atoms with Crippen LogP contribution in [0.4, 0.5) is 0 Å². The third-order valence-electron chi connectivity index (χ3n) is 4.34. The second kappa shape index (κ2) is 5.74. The van der Waals surface area contributed by atoms with Crippen LogP contribution >= 0.6 is 11.6 Å². The smallest absolute Gasteiger partial charge is 0.152 e. The molecule has 3 aromatic rings. The summed E-state index contributed by atoms with van der Waals surface area (Å²) in [6, 6.07) is 5.94. The predicted octanol–water partition coefficient (Wildman–Crippen LogP) is 2.54. The molecule has 0 bridgehead atoms. The number of hydrogen-bond donors (Lipinski definition) is 1. The zero-order chi connectivity index (χ0) is 14.9. The van der Waals surface area contributed by atoms with Gasteiger partial charge >= 0.3 is 0 Å². The Hall–Kier alpha value is -1.85. The van der Waals surface area contributed by atoms with Crippen molar-refractivity contribution in [3.63, 3.8) is 0 Å². The number of pyridine rings is 1. The number of halogens is 1. The van der Waals surface area contributed by atoms with Crippen LogP contribution in [0.25, 0.3) is 5.65 Å². The van der Waals surface area contributed by atoms with E-state index in [2.05, 4.69) is 26.0 Å². The van der Waals surface area contributed by atoms with Crippen molar-refractivity contribution >= 4 is 17.2 Å². The first-order valence-corrected chi connectivity index (χ1v) is 8.01. The van der Waals surface area contributed by atoms with Crippen molar-refractivity contribution in [1.29, 1.82) is 0 Å². The number of nitrogens with one attached hydrogen (secondary N) is 1. The van der Waals surface area contributed by atoms with Gasteiger partial charge in [-0.1, -0.05) is 17.7 Å². The Morgan fingerprint density at radius 3 is 3.23 bits per heavy atom. The maximum atomic E-state index is 6.26. The molecule has 0 aliphatic carbocycles. The van der Waals surface area contributed by atoms with E-state index in [-0.39, 0.29) is 0 Å². The minimum absolute atomic E-state index is 0.583. The van der Waals surface area contributed by atoms with Gasteiger partial charge in [-0.3, -0.25) is 0 Å². The molecule has 0 saturated heterocycles. The summed E-state index contributed by atoms with van der Waals surface area (Å²) < 4.78 is 4.31. The first-order chi connectivity index (χ1) is 10.8. The van der Waals surface area contributed by atoms with Gasteiger partial charge in [0.05, 0.1) is 5.69 Å². The first-order valence-electron chi connectivity index (χ1n) is 7.63. The Bertz CT molecular complexity index is 791. The lowest BCUT2D eigenvalue weighted by Gasteiger charge is -2.24. The SMILES string of the molecule is Clc1nc2ccccn2c1CNC[C@H]1CCc2nccn2C1. The molecule has 114 valence electrons. The van der Waals surface area contributed by atoms with E-state index in [1.165, 1.54) is 12.2 Å². The van der Waals surface area contributed by atoms with Crippen LogP contribution < -0.4 is 5.32 Å². The van der Waals surface area contributed by atoms with E-state index in [0.717, 1.165) is 37.4 Å². The minimum atomic E-state index is 0.583. The van der Waals surface area contributed by atoms with E-state index in [1.54, 1.807) is 0 Å². The number of nitrogens with zero attached hydrogens (tertiary/aromatic N) is 4. The summed E-state index contributed by atoms with van der Waals surface area (Å²) in [7, 11) is 0. The standard InChI is InChI=1S/C16H18ClN5/c17-16-13(22-7-2-1-3-15(22)20-16)10-18-9-12-4-5-14-19-6-8-21(14)11-12/h1-3,6-8,12,18H,4-5,9-11H2/t12-/m1/s1. The van der Waals surface area contributed by atoms with Gasteiger partial charge in [-0.05, 0) is 24.5 Å². The van der Waals surface area contributed by atoms with E-state index in [9.17, 15) is 0 Å². The molecule has 0 saturated carbocycles. The average Bonchev–Trinajstić information content (AvgIpc) is 3.11. The summed E-state index contributed by atoms with van der Waals surface area (Å²) >= 11 is 6.26. The Morgan fingerprint density at radius 2 is 2.27 bits per heavy atom. The van der Waals surface area contributed by atoms with Crippen LogP contribution in [0, 0.1) is 5.92 Å². The molecule has 6 heteroatoms. The molecule has 0 amide bonds. The van der Waals surface area contributed by atoms with Gasteiger partial charge < -0.3 is 14.3 Å². The molecule has 0 unspecified atom stereocenters. The monoisotopic (exact) mass is 315 g/mol. The van der Waals surface area contributed by atoms with Crippen LogP contribution in [-0.4, -0.2) is 25.5 Å². The average molecular weight is 316 g/mol. The number of imidazole rings is 2. The lowest BCUT2D eigenvalue weighted by molar-refractivity contribution is 0.347. The van der Waals surface area contributed by atoms with Crippen molar-refractivity contribution in [3.05, 3.63) is 53.5 Å². The van der Waals surface area contributed by atoms with Crippen molar-refractivity contribution in [1.82, 2.24) is 24.3 Å². The summed E-state index contributed by atoms with van der Waals surface area (Å²) in [6.07, 6.45) is 8.22. The molecule has 0 aromatic carbocycles. The van der Waals surface area contributed by atoms with Gasteiger partial charge in [0.1, 0.15) is 11.5 Å². The molecular weight excluding hydrogens is 298 g/mol. The highest BCUT2D eigenvalue weighted by Gasteiger charge is 2.18. The summed E-state index contributed by atoms with van der Waals surface area (Å²) in [6.45, 7) is 2.76. The molecule has 3 aromatic heterocycles. The Kier molecular flexibility index (Phi) is 3.60. The fraction of sp³-hybridized carbons (Fsp3) is 0.375. The van der Waals surface area contributed by atoms with Crippen molar-refractivity contribution in [2.45, 2.75) is 25.9 Å². The van der Waals surface area contributed by atoms with Gasteiger partial charge in [0.2, 0.25) is 0 Å². The second-order valence-corrected chi connectivity index (χ2v) is 6.17. The molecule has 4 rings (SSSR count). The van der Waals surface area contributed by atoms with E-state index in [1.807, 2.05) is 35.0 Å². The summed E-state index contributed by atoms with van der Waals surface area (Å²) in [5.74, 6) is 1.85. The van der Waals surface area contributed by atoms with Crippen LogP contribution in [0.1, 0.15) is 17.9 Å². The Balaban J connectivity index is 1.40. The zero-order valence-corrected chi connectivity index (χ0v) is 13.0. The molecular formula is C16H18ClN5. The number of aryl methyl sites for hydroxylation is 1. The van der Waals surface area contributed by atoms with Crippen molar-refractivity contribution in [2.75, 3.05) is 6.54 Å². The van der Waals surface area contributed by atoms with Gasteiger partial charge in [-0.25, -0.2) is 9.97 Å². The summed E-state index contributed by atoms with van der Waals surface area (Å²) in [4.78, 5) is 8.75. The zero-order valence-electron chi connectivity index (χ0n) is 12.2. The quantitative estimate of drug-likeness (QED) is 0.805. The van der Waals surface area contributed by atoms with Gasteiger partial charge in [0, 0.05) is 44.6 Å². The number of fused-ring (bicyclic) bond motifs is 2. The third-order valence-corrected chi connectivity index (χ3v) is 4.64. The highest BCUT2D eigenvalue weighted by atomic mass is 35.5. The molecule has 1 aliphatic heterocycles. The largest absolute Gasteiger partial charge is 0.335 e. The number of aromatic nitrogens is 4. The van der Waals surface area contributed by atoms with Crippen LogP contribution in [-0.2, 0) is 19.5 Å². The highest BCUT2D eigenvalue weighted by molar-refractivity contribution is 6.30. The summed E-state index contributed by atoms with van der Waals surface area (Å²) in [5.41, 5.74) is 1.92. The van der Waals surface area contributed by atoms with Crippen LogP contribution in [0.3, 0.4) is 0 Å². The maximum absolute atomic E-state index is 6.26. The second-order valence-electron chi connectivity index (χ2n) is 5.81. The van der Waals surface area contributed by atoms with E-state index >= 15 is 0 Å². The predicted molar refractivity (Wildman–Crippen MR) is 85.9 cm³/mol. The maximum Gasteiger partial charge on any atom is 0.152 e. The first kappa shape index (κ1) is 13.8. The van der Waals surface area contributed by atoms with Crippen molar-refractivity contribution < 1.29 is 0 Å². The molecule has 22 heavy (non-hydrogen) atoms. The lowest BCUT2D eigenvalue weighted by atomic mass is 9.99. The van der Waals surface area contributed by atoms with Crippen LogP contribution in [0.5, 0.6) is 0 Å². The van der Waals surface area contributed by atoms with Crippen LogP contribution in [0.2, 0.25) is 5.15 Å². The van der Waals surface area contributed by atoms with Gasteiger partial charge in [0.25, 0.3) is 0 Å². The number of hydrogen-bond acceptors (Lipinski definition) is 3. The van der Waals surface area contributed by atoms with Gasteiger partial charge in [-0.15, -0.1) is 0 Å². The van der Waals surface area contributed by atoms with E-state index in [0.29, 0.717) is 11.1 Å². The lowest BCUT2D eigenvalue weighted by Crippen LogP contribution is -2.30. The fourth-order valence-electron chi connectivity index (χ4n) is 3.17. The van der Waals surface area contributed by atoms with Gasteiger partial charge in [-0.2, -0.15) is 0 Å². The third kappa shape index (κ3) is 2.51. The molecule has 0 radical (unpaired) electrons. The minimum Gasteiger partial charge on any atom is -0.335 e. The van der Waals surface area contributed by atoms with E-state index in [4.69, 9.17) is 11.6 Å². The fourth-order valence-corrected chi connectivity index (χ4v) is 3.42. The van der Waals surface area contributed by atoms with E-state index < -0.39 is 0 Å². The molecule has 0 fully saturated rings. The molecule has 1 aliphatic rings. The Morgan fingerprint density at radius 1 is 1.32 bits per heavy atom. The van der Waals surface area contributed by atoms with Crippen molar-refractivity contribution in [3.8, 4) is 0 Å². The van der Waals surface area contributed by atoms with Gasteiger partial charge in [0.15, 0.2) is 5.15 Å². The molecule has 1 atom stereocenters. The summed E-state index contributed by atoms with van der Waals surface area (Å²) in [5, 5.41) is 4.12. The van der Waals surface area contributed by atoms with Crippen LogP contribution in [0.15, 0.2) is 36.8 Å². The number of rotatable bonds is 4. The topological polar surface area (TPSA) is 47.1 Å². The Labute approximate surface area is 134 Å². The molecule has 4 heterocycles. The molecule has 1 N–H and O–H groups in total. The molecule has 5 nitrogen and oxygen atoms in total.